The minimum Gasteiger partial charge on any atom is -0.455 e. The molecule has 1 unspecified atom stereocenters. The van der Waals surface area contributed by atoms with Crippen LogP contribution in [0.3, 0.4) is 0 Å². The number of rotatable bonds is 3. The van der Waals surface area contributed by atoms with Gasteiger partial charge in [0.15, 0.2) is 0 Å². The van der Waals surface area contributed by atoms with Crippen molar-refractivity contribution < 1.29 is 15.4 Å². The van der Waals surface area contributed by atoms with Crippen molar-refractivity contribution in [2.24, 2.45) is 0 Å². The van der Waals surface area contributed by atoms with Crippen LogP contribution in [-0.2, 0) is 0 Å². The molecule has 1 aliphatic heterocycles. The van der Waals surface area contributed by atoms with E-state index in [0.717, 1.165) is 24.1 Å². The van der Waals surface area contributed by atoms with Crippen molar-refractivity contribution in [3.8, 4) is 28.5 Å². The van der Waals surface area contributed by atoms with E-state index < -0.39 is 21.8 Å². The van der Waals surface area contributed by atoms with Gasteiger partial charge in [-0.15, -0.1) is 0 Å². The number of furan rings is 1. The van der Waals surface area contributed by atoms with Gasteiger partial charge in [-0.3, -0.25) is 4.98 Å². The first-order chi connectivity index (χ1) is 20.6. The highest BCUT2D eigenvalue weighted by Gasteiger charge is 2.33. The highest BCUT2D eigenvalue weighted by Crippen LogP contribution is 2.43. The smallest absolute Gasteiger partial charge is 0.144 e. The first kappa shape index (κ1) is 15.4. The monoisotopic (exact) mass is 494 g/mol. The third kappa shape index (κ3) is 3.85. The van der Waals surface area contributed by atoms with E-state index in [1.54, 1.807) is 36.4 Å². The van der Waals surface area contributed by atoms with Crippen LogP contribution in [0.5, 0.6) is 0 Å². The summed E-state index contributed by atoms with van der Waals surface area (Å²) in [6.07, 6.45) is 2.18. The third-order valence-electron chi connectivity index (χ3n) is 7.39. The van der Waals surface area contributed by atoms with Crippen molar-refractivity contribution in [1.82, 2.24) is 4.98 Å². The zero-order valence-electron chi connectivity index (χ0n) is 28.2. The van der Waals surface area contributed by atoms with Gasteiger partial charge in [0.05, 0.1) is 20.1 Å². The topological polar surface area (TPSA) is 49.8 Å². The van der Waals surface area contributed by atoms with Crippen molar-refractivity contribution in [2.75, 3.05) is 0 Å². The van der Waals surface area contributed by atoms with Crippen LogP contribution in [-0.4, -0.2) is 13.1 Å². The van der Waals surface area contributed by atoms with Gasteiger partial charge in [0.1, 0.15) is 11.2 Å². The molecule has 6 rings (SSSR count). The Bertz CT molecular complexity index is 2000. The molecule has 1 saturated heterocycles. The van der Waals surface area contributed by atoms with E-state index in [1.807, 2.05) is 12.1 Å². The van der Waals surface area contributed by atoms with Crippen LogP contribution < -0.4 is 0 Å². The molecule has 2 aromatic heterocycles. The van der Waals surface area contributed by atoms with E-state index in [4.69, 9.17) is 15.4 Å². The Morgan fingerprint density at radius 2 is 1.94 bits per heavy atom. The maximum atomic E-state index is 9.40. The van der Waals surface area contributed by atoms with Gasteiger partial charge < -0.3 is 4.42 Å². The lowest BCUT2D eigenvalue weighted by Gasteiger charge is -2.17. The summed E-state index contributed by atoms with van der Waals surface area (Å²) in [5, 5.41) is 10.7. The molecule has 1 atom stereocenters. The lowest BCUT2D eigenvalue weighted by Crippen LogP contribution is -2.19. The van der Waals surface area contributed by atoms with Crippen molar-refractivity contribution in [2.45, 2.75) is 51.2 Å². The first-order valence-corrected chi connectivity index (χ1v) is 15.5. The Labute approximate surface area is 224 Å². The Kier molecular flexibility index (Phi) is 3.63. The molecule has 4 heteroatoms. The molecule has 0 N–H and O–H groups in total. The normalized spacial score (nSPS) is 21.0. The molecule has 0 radical (unpaired) electrons. The summed E-state index contributed by atoms with van der Waals surface area (Å²) in [4.78, 5) is 4.48. The third-order valence-corrected chi connectivity index (χ3v) is 10.6. The lowest BCUT2D eigenvalue weighted by molar-refractivity contribution is 0.669. The number of fused-ring (bicyclic) bond motifs is 3. The van der Waals surface area contributed by atoms with Crippen LogP contribution in [0.4, 0.5) is 0 Å². The molecule has 36 heavy (non-hydrogen) atoms. The van der Waals surface area contributed by atoms with Gasteiger partial charge >= 0.3 is 0 Å². The molecule has 0 aliphatic carbocycles. The standard InChI is InChI=1S/C32H30N2OSi/c1-20-14-23(24-12-13-36(3,4)19-24)9-11-25(20)29-16-30(34-18-21(29)2)28-7-5-6-27-26-10-8-22(17-33)15-31(26)35-32(27)28/h5-11,14-16,18,24H,12-13,19H2,1-4H3/i1D3,2D3,11D,15D. The fourth-order valence-electron chi connectivity index (χ4n) is 5.50. The van der Waals surface area contributed by atoms with Gasteiger partial charge in [0.2, 0.25) is 0 Å². The fraction of sp³-hybridized carbons (Fsp3) is 0.250. The number of para-hydroxylation sites is 1. The van der Waals surface area contributed by atoms with Crippen molar-refractivity contribution in [3.05, 3.63) is 89.1 Å². The van der Waals surface area contributed by atoms with Gasteiger partial charge in [0, 0.05) is 38.8 Å². The molecule has 1 aliphatic rings. The molecule has 3 nitrogen and oxygen atoms in total. The molecule has 1 fully saturated rings. The van der Waals surface area contributed by atoms with Gasteiger partial charge in [0.25, 0.3) is 0 Å². The second-order valence-corrected chi connectivity index (χ2v) is 15.7. The van der Waals surface area contributed by atoms with E-state index >= 15 is 0 Å². The number of hydrogen-bond acceptors (Lipinski definition) is 3. The molecule has 0 spiro atoms. The molecule has 5 aromatic rings. The maximum Gasteiger partial charge on any atom is 0.144 e. The number of benzene rings is 3. The Hall–Kier alpha value is -3.68. The zero-order valence-corrected chi connectivity index (χ0v) is 21.2. The van der Waals surface area contributed by atoms with Gasteiger partial charge in [-0.1, -0.05) is 55.5 Å². The summed E-state index contributed by atoms with van der Waals surface area (Å²) in [6.45, 7) is -0.572. The van der Waals surface area contributed by atoms with Crippen LogP contribution in [0.1, 0.15) is 45.6 Å². The van der Waals surface area contributed by atoms with Crippen LogP contribution in [0.2, 0.25) is 25.2 Å². The highest BCUT2D eigenvalue weighted by atomic mass is 28.3. The predicted molar refractivity (Wildman–Crippen MR) is 151 cm³/mol. The molecular formula is C32H30N2OSi. The summed E-state index contributed by atoms with van der Waals surface area (Å²) in [5.74, 6) is 0.181. The summed E-state index contributed by atoms with van der Waals surface area (Å²) in [7, 11) is -1.39. The van der Waals surface area contributed by atoms with Gasteiger partial charge in [-0.25, -0.2) is 0 Å². The fourth-order valence-corrected chi connectivity index (χ4v) is 8.60. The minimum absolute atomic E-state index is 0.0341. The number of nitriles is 1. The predicted octanol–water partition coefficient (Wildman–Crippen LogP) is 9.00. The van der Waals surface area contributed by atoms with E-state index in [1.165, 1.54) is 12.3 Å². The summed E-state index contributed by atoms with van der Waals surface area (Å²) >= 11 is 0. The first-order valence-electron chi connectivity index (χ1n) is 16.1. The van der Waals surface area contributed by atoms with Crippen LogP contribution in [0, 0.1) is 25.0 Å². The molecule has 0 amide bonds. The number of aryl methyl sites for hydroxylation is 2. The SMILES string of the molecule is [2H]c1cc(C2CC[Si](C)(C)C2)cc(C([2H])([2H])[2H])c1-c1cc(-c2cccc3c2oc2c([2H])c(C#N)ccc23)ncc1C([2H])([2H])[2H]. The molecule has 3 aromatic carbocycles. The van der Waals surface area contributed by atoms with Crippen LogP contribution in [0.25, 0.3) is 44.3 Å². The second-order valence-electron chi connectivity index (χ2n) is 10.5. The number of nitrogens with zero attached hydrogens (tertiary/aromatic N) is 2. The van der Waals surface area contributed by atoms with Crippen molar-refractivity contribution in [3.63, 3.8) is 0 Å². The number of hydrogen-bond donors (Lipinski definition) is 0. The van der Waals surface area contributed by atoms with Gasteiger partial charge in [-0.05, 0) is 84.2 Å². The van der Waals surface area contributed by atoms with Gasteiger partial charge in [-0.2, -0.15) is 5.26 Å². The van der Waals surface area contributed by atoms with E-state index in [0.29, 0.717) is 27.6 Å². The van der Waals surface area contributed by atoms with Crippen molar-refractivity contribution in [1.29, 1.82) is 5.26 Å². The number of pyridine rings is 1. The second kappa shape index (κ2) is 8.46. The average molecular weight is 495 g/mol. The zero-order chi connectivity index (χ0) is 31.8. The number of aromatic nitrogens is 1. The Morgan fingerprint density at radius 1 is 1.06 bits per heavy atom. The van der Waals surface area contributed by atoms with E-state index in [-0.39, 0.29) is 51.4 Å². The molecule has 0 bridgehead atoms. The summed E-state index contributed by atoms with van der Waals surface area (Å²) in [6, 6.07) is 17.6. The highest BCUT2D eigenvalue weighted by molar-refractivity contribution is 6.78. The lowest BCUT2D eigenvalue weighted by atomic mass is 9.91. The molecular weight excluding hydrogens is 456 g/mol. The minimum atomic E-state index is -2.63. The molecule has 178 valence electrons. The van der Waals surface area contributed by atoms with E-state index in [2.05, 4.69) is 18.1 Å². The largest absolute Gasteiger partial charge is 0.455 e. The quantitative estimate of drug-likeness (QED) is 0.235. The molecule has 3 heterocycles. The van der Waals surface area contributed by atoms with Crippen molar-refractivity contribution >= 4 is 30.0 Å². The maximum absolute atomic E-state index is 9.40. The van der Waals surface area contributed by atoms with E-state index in [9.17, 15) is 5.26 Å². The Balaban J connectivity index is 1.60. The van der Waals surface area contributed by atoms with Crippen LogP contribution in [0.15, 0.2) is 71.2 Å². The summed E-state index contributed by atoms with van der Waals surface area (Å²) < 4.78 is 73.6. The Morgan fingerprint density at radius 3 is 2.72 bits per heavy atom. The average Bonchev–Trinajstić information content (AvgIpc) is 3.51. The summed E-state index contributed by atoms with van der Waals surface area (Å²) in [5.41, 5.74) is 2.46. The molecule has 0 saturated carbocycles. The van der Waals surface area contributed by atoms with Crippen LogP contribution >= 0.6 is 0 Å².